The summed E-state index contributed by atoms with van der Waals surface area (Å²) in [5.74, 6) is -0.242. The molecule has 2 amide bonds. The van der Waals surface area contributed by atoms with Crippen LogP contribution in [0.4, 0.5) is 0 Å². The average molecular weight is 263 g/mol. The number of nitrogens with one attached hydrogen (secondary N) is 2. The third-order valence-electron chi connectivity index (χ3n) is 2.93. The zero-order valence-electron chi connectivity index (χ0n) is 10.6. The highest BCUT2D eigenvalue weighted by molar-refractivity contribution is 5.93. The van der Waals surface area contributed by atoms with Crippen LogP contribution in [0.2, 0.25) is 0 Å². The van der Waals surface area contributed by atoms with Gasteiger partial charge in [-0.05, 0) is 18.6 Å². The summed E-state index contributed by atoms with van der Waals surface area (Å²) < 4.78 is 5.14. The van der Waals surface area contributed by atoms with Crippen LogP contribution in [0.5, 0.6) is 0 Å². The van der Waals surface area contributed by atoms with E-state index in [0.717, 1.165) is 6.42 Å². The van der Waals surface area contributed by atoms with Gasteiger partial charge in [-0.1, -0.05) is 0 Å². The van der Waals surface area contributed by atoms with E-state index in [-0.39, 0.29) is 17.7 Å². The second-order valence-corrected chi connectivity index (χ2v) is 4.35. The van der Waals surface area contributed by atoms with Crippen LogP contribution in [0.15, 0.2) is 24.5 Å². The molecule has 2 N–H and O–H groups in total. The molecular formula is C13H17N3O3. The lowest BCUT2D eigenvalue weighted by Gasteiger charge is -2.09. The number of hydrogen-bond acceptors (Lipinski definition) is 4. The number of carbonyl (C=O) groups is 2. The molecule has 0 unspecified atom stereocenters. The van der Waals surface area contributed by atoms with Crippen LogP contribution in [-0.4, -0.2) is 43.1 Å². The molecule has 1 aliphatic rings. The molecule has 1 fully saturated rings. The van der Waals surface area contributed by atoms with Crippen molar-refractivity contribution in [2.75, 3.05) is 26.3 Å². The molecule has 2 heterocycles. The van der Waals surface area contributed by atoms with Crippen LogP contribution in [0, 0.1) is 5.92 Å². The maximum absolute atomic E-state index is 11.7. The Morgan fingerprint density at radius 3 is 2.89 bits per heavy atom. The molecule has 0 aliphatic carbocycles. The number of aromatic nitrogens is 1. The first-order chi connectivity index (χ1) is 9.27. The molecule has 1 saturated heterocycles. The Labute approximate surface area is 111 Å². The van der Waals surface area contributed by atoms with E-state index >= 15 is 0 Å². The molecule has 0 saturated carbocycles. The lowest BCUT2D eigenvalue weighted by Crippen LogP contribution is -2.37. The van der Waals surface area contributed by atoms with E-state index in [1.54, 1.807) is 18.3 Å². The molecule has 6 nitrogen and oxygen atoms in total. The Hall–Kier alpha value is -1.95. The second-order valence-electron chi connectivity index (χ2n) is 4.35. The van der Waals surface area contributed by atoms with Gasteiger partial charge in [-0.25, -0.2) is 0 Å². The predicted molar refractivity (Wildman–Crippen MR) is 68.5 cm³/mol. The van der Waals surface area contributed by atoms with E-state index in [1.165, 1.54) is 6.20 Å². The third kappa shape index (κ3) is 4.03. The fourth-order valence-electron chi connectivity index (χ4n) is 1.85. The minimum Gasteiger partial charge on any atom is -0.381 e. The summed E-state index contributed by atoms with van der Waals surface area (Å²) in [6, 6.07) is 3.40. The molecule has 1 aliphatic heterocycles. The SMILES string of the molecule is O=C(NCCNC(=O)[C@@H]1CCOC1)c1cccnc1. The summed E-state index contributed by atoms with van der Waals surface area (Å²) in [5, 5.41) is 5.50. The molecule has 0 aromatic carbocycles. The molecule has 0 radical (unpaired) electrons. The van der Waals surface area contributed by atoms with E-state index in [4.69, 9.17) is 4.74 Å². The molecule has 19 heavy (non-hydrogen) atoms. The van der Waals surface area contributed by atoms with Gasteiger partial charge in [0.25, 0.3) is 5.91 Å². The molecule has 1 aromatic rings. The normalized spacial score (nSPS) is 18.0. The van der Waals surface area contributed by atoms with Crippen molar-refractivity contribution in [2.45, 2.75) is 6.42 Å². The van der Waals surface area contributed by atoms with Crippen LogP contribution in [0.1, 0.15) is 16.8 Å². The fraction of sp³-hybridized carbons (Fsp3) is 0.462. The smallest absolute Gasteiger partial charge is 0.252 e. The van der Waals surface area contributed by atoms with E-state index in [9.17, 15) is 9.59 Å². The zero-order chi connectivity index (χ0) is 13.5. The Bertz CT molecular complexity index is 430. The molecule has 6 heteroatoms. The van der Waals surface area contributed by atoms with Gasteiger partial charge in [0.2, 0.25) is 5.91 Å². The molecule has 102 valence electrons. The van der Waals surface area contributed by atoms with E-state index in [2.05, 4.69) is 15.6 Å². The van der Waals surface area contributed by atoms with Crippen molar-refractivity contribution in [3.05, 3.63) is 30.1 Å². The minimum atomic E-state index is -0.188. The Morgan fingerprint density at radius 2 is 2.21 bits per heavy atom. The first kappa shape index (κ1) is 13.5. The molecule has 1 aromatic heterocycles. The Balaban J connectivity index is 1.64. The van der Waals surface area contributed by atoms with E-state index < -0.39 is 0 Å². The summed E-state index contributed by atoms with van der Waals surface area (Å²) in [4.78, 5) is 27.2. The van der Waals surface area contributed by atoms with Gasteiger partial charge in [0.15, 0.2) is 0 Å². The summed E-state index contributed by atoms with van der Waals surface area (Å²) in [6.45, 7) is 1.96. The summed E-state index contributed by atoms with van der Waals surface area (Å²) >= 11 is 0. The van der Waals surface area contributed by atoms with Gasteiger partial charge in [0, 0.05) is 32.1 Å². The van der Waals surface area contributed by atoms with Gasteiger partial charge >= 0.3 is 0 Å². The quantitative estimate of drug-likeness (QED) is 0.731. The van der Waals surface area contributed by atoms with Crippen LogP contribution >= 0.6 is 0 Å². The van der Waals surface area contributed by atoms with Gasteiger partial charge in [-0.3, -0.25) is 14.6 Å². The van der Waals surface area contributed by atoms with Crippen LogP contribution in [0.3, 0.4) is 0 Å². The van der Waals surface area contributed by atoms with Gasteiger partial charge in [-0.2, -0.15) is 0 Å². The number of amides is 2. The highest BCUT2D eigenvalue weighted by Gasteiger charge is 2.22. The first-order valence-corrected chi connectivity index (χ1v) is 6.31. The van der Waals surface area contributed by atoms with Crippen LogP contribution < -0.4 is 10.6 Å². The predicted octanol–water partition coefficient (Wildman–Crippen LogP) is -0.0359. The van der Waals surface area contributed by atoms with Crippen molar-refractivity contribution in [3.8, 4) is 0 Å². The molecule has 0 spiro atoms. The highest BCUT2D eigenvalue weighted by Crippen LogP contribution is 2.11. The minimum absolute atomic E-state index is 0.00636. The number of rotatable bonds is 5. The lowest BCUT2D eigenvalue weighted by molar-refractivity contribution is -0.124. The summed E-state index contributed by atoms with van der Waals surface area (Å²) in [5.41, 5.74) is 0.512. The number of ether oxygens (including phenoxy) is 1. The maximum Gasteiger partial charge on any atom is 0.252 e. The largest absolute Gasteiger partial charge is 0.381 e. The van der Waals surface area contributed by atoms with Crippen molar-refractivity contribution in [1.82, 2.24) is 15.6 Å². The fourth-order valence-corrected chi connectivity index (χ4v) is 1.85. The summed E-state index contributed by atoms with van der Waals surface area (Å²) in [6.07, 6.45) is 3.89. The van der Waals surface area contributed by atoms with Crippen LogP contribution in [-0.2, 0) is 9.53 Å². The van der Waals surface area contributed by atoms with E-state index in [1.807, 2.05) is 0 Å². The highest BCUT2D eigenvalue weighted by atomic mass is 16.5. The second kappa shape index (κ2) is 6.84. The van der Waals surface area contributed by atoms with Gasteiger partial charge in [0.1, 0.15) is 0 Å². The average Bonchev–Trinajstić information content (AvgIpc) is 2.98. The molecule has 2 rings (SSSR count). The van der Waals surface area contributed by atoms with Crippen molar-refractivity contribution >= 4 is 11.8 Å². The number of pyridine rings is 1. The van der Waals surface area contributed by atoms with Crippen molar-refractivity contribution in [3.63, 3.8) is 0 Å². The van der Waals surface area contributed by atoms with Crippen LogP contribution in [0.25, 0.3) is 0 Å². The topological polar surface area (TPSA) is 80.3 Å². The maximum atomic E-state index is 11.7. The number of carbonyl (C=O) groups excluding carboxylic acids is 2. The van der Waals surface area contributed by atoms with Gasteiger partial charge in [0.05, 0.1) is 18.1 Å². The first-order valence-electron chi connectivity index (χ1n) is 6.31. The molecule has 1 atom stereocenters. The number of hydrogen-bond donors (Lipinski definition) is 2. The van der Waals surface area contributed by atoms with Crippen molar-refractivity contribution in [2.24, 2.45) is 5.92 Å². The summed E-state index contributed by atoms with van der Waals surface area (Å²) in [7, 11) is 0. The van der Waals surface area contributed by atoms with Crippen molar-refractivity contribution < 1.29 is 14.3 Å². The van der Waals surface area contributed by atoms with Gasteiger partial charge < -0.3 is 15.4 Å². The zero-order valence-corrected chi connectivity index (χ0v) is 10.6. The lowest BCUT2D eigenvalue weighted by atomic mass is 10.1. The third-order valence-corrected chi connectivity index (χ3v) is 2.93. The standard InChI is InChI=1S/C13H17N3O3/c17-12(10-2-1-4-14-8-10)15-5-6-16-13(18)11-3-7-19-9-11/h1-2,4,8,11H,3,5-7,9H2,(H,15,17)(H,16,18)/t11-/m1/s1. The monoisotopic (exact) mass is 263 g/mol. The molecular weight excluding hydrogens is 246 g/mol. The number of nitrogens with zero attached hydrogens (tertiary/aromatic N) is 1. The van der Waals surface area contributed by atoms with Gasteiger partial charge in [-0.15, -0.1) is 0 Å². The van der Waals surface area contributed by atoms with Crippen molar-refractivity contribution in [1.29, 1.82) is 0 Å². The Kier molecular flexibility index (Phi) is 4.85. The molecule has 0 bridgehead atoms. The Morgan fingerprint density at radius 1 is 1.37 bits per heavy atom. The van der Waals surface area contributed by atoms with E-state index in [0.29, 0.717) is 31.9 Å².